The number of rotatable bonds is 15. The second kappa shape index (κ2) is 14.5. The van der Waals surface area contributed by atoms with Gasteiger partial charge in [0.25, 0.3) is 0 Å². The number of thiazole rings is 1. The van der Waals surface area contributed by atoms with Gasteiger partial charge in [-0.3, -0.25) is 0 Å². The molecule has 0 spiro atoms. The van der Waals surface area contributed by atoms with Crippen molar-refractivity contribution in [2.75, 3.05) is 38.7 Å². The number of aliphatic hydroxyl groups excluding tert-OH is 1. The van der Waals surface area contributed by atoms with Crippen LogP contribution in [0.3, 0.4) is 0 Å². The number of amides is 1. The highest BCUT2D eigenvalue weighted by Crippen LogP contribution is 2.46. The first-order chi connectivity index (χ1) is 24.0. The smallest absolute Gasteiger partial charge is 0.407 e. The highest BCUT2D eigenvalue weighted by molar-refractivity contribution is 7.89. The lowest BCUT2D eigenvalue weighted by atomic mass is 9.90. The van der Waals surface area contributed by atoms with E-state index in [0.717, 1.165) is 59.4 Å². The van der Waals surface area contributed by atoms with E-state index in [9.17, 15) is 18.3 Å². The van der Waals surface area contributed by atoms with Gasteiger partial charge < -0.3 is 34.7 Å². The molecule has 4 fully saturated rings. The summed E-state index contributed by atoms with van der Waals surface area (Å²) in [6.07, 6.45) is 4.09. The predicted octanol–water partition coefficient (Wildman–Crippen LogP) is 5.16. The number of aromatic nitrogens is 1. The van der Waals surface area contributed by atoms with Crippen LogP contribution >= 0.6 is 11.3 Å². The number of aliphatic hydroxyl groups is 1. The number of fused-ring (bicyclic) bond motifs is 2. The number of sulfonamides is 1. The molecule has 2 aliphatic carbocycles. The van der Waals surface area contributed by atoms with Crippen LogP contribution in [0.2, 0.25) is 0 Å². The fourth-order valence-corrected chi connectivity index (χ4v) is 9.60. The Kier molecular flexibility index (Phi) is 10.3. The third-order valence-electron chi connectivity index (χ3n) is 10.3. The number of carbonyl (C=O) groups excluding carboxylic acids is 1. The number of anilines is 1. The van der Waals surface area contributed by atoms with E-state index in [1.807, 2.05) is 31.2 Å². The zero-order valence-electron chi connectivity index (χ0n) is 28.9. The third kappa shape index (κ3) is 8.54. The monoisotopic (exact) mass is 728 g/mol. The third-order valence-corrected chi connectivity index (χ3v) is 13.1. The van der Waals surface area contributed by atoms with E-state index in [2.05, 4.69) is 22.5 Å². The number of nitrogens with zero attached hydrogens (tertiary/aromatic N) is 2. The number of benzene rings is 2. The molecule has 14 heteroatoms. The minimum atomic E-state index is -4.01. The summed E-state index contributed by atoms with van der Waals surface area (Å²) in [4.78, 5) is 18.0. The Hall–Kier alpha value is -3.01. The average Bonchev–Trinajstić information content (AvgIpc) is 3.97. The molecule has 3 N–H and O–H groups in total. The molecule has 2 saturated carbocycles. The Morgan fingerprint density at radius 1 is 1.18 bits per heavy atom. The highest BCUT2D eigenvalue weighted by atomic mass is 32.2. The van der Waals surface area contributed by atoms with Crippen molar-refractivity contribution in [2.24, 2.45) is 17.3 Å². The minimum absolute atomic E-state index is 0.0391. The second-order valence-corrected chi connectivity index (χ2v) is 17.9. The summed E-state index contributed by atoms with van der Waals surface area (Å²) in [6.45, 7) is 4.76. The highest BCUT2D eigenvalue weighted by Gasteiger charge is 2.43. The largest absolute Gasteiger partial charge is 0.497 e. The number of alkyl carbamates (subject to hydrolysis) is 1. The summed E-state index contributed by atoms with van der Waals surface area (Å²) in [5, 5.41) is 18.8. The molecule has 50 heavy (non-hydrogen) atoms. The van der Waals surface area contributed by atoms with Crippen LogP contribution in [-0.4, -0.2) is 92.9 Å². The van der Waals surface area contributed by atoms with E-state index >= 15 is 0 Å². The number of nitrogens with one attached hydrogen (secondary N) is 2. The van der Waals surface area contributed by atoms with Crippen molar-refractivity contribution in [3.63, 3.8) is 0 Å². The summed E-state index contributed by atoms with van der Waals surface area (Å²) in [5.41, 5.74) is 1.40. The fraction of sp³-hybridized carbons (Fsp3) is 0.611. The van der Waals surface area contributed by atoms with E-state index in [1.54, 1.807) is 25.3 Å². The molecule has 2 saturated heterocycles. The van der Waals surface area contributed by atoms with Gasteiger partial charge in [0.1, 0.15) is 5.75 Å². The van der Waals surface area contributed by atoms with Crippen molar-refractivity contribution in [3.8, 4) is 5.75 Å². The first-order valence-electron chi connectivity index (χ1n) is 17.6. The lowest BCUT2D eigenvalue weighted by molar-refractivity contribution is -0.180. The average molecular weight is 729 g/mol. The summed E-state index contributed by atoms with van der Waals surface area (Å²) in [7, 11) is -2.43. The normalized spacial score (nSPS) is 25.5. The standard InChI is InChI=1S/C36H48N4O8S2/c1-22-14-25-15-24(19-46-33(25)48-22)20-47-35(42)39-30(16-23-4-8-27(45-3)9-5-23)31(41)18-40(21-36(2)12-13-36)50(43,44)28-10-11-29-32(17-28)49-34(38-29)37-26-6-7-26/h4-5,8-11,17,22,24-26,30-31,33,41H,6-7,12-16,18-21H2,1-3H3,(H,37,38)(H,39,42)/t22?,24?,25?,30-,31+,33?/m0/s1. The Balaban J connectivity index is 1.07. The lowest BCUT2D eigenvalue weighted by Gasteiger charge is -2.32. The summed E-state index contributed by atoms with van der Waals surface area (Å²) < 4.78 is 53.4. The van der Waals surface area contributed by atoms with Crippen molar-refractivity contribution in [1.29, 1.82) is 0 Å². The number of methoxy groups -OCH3 is 1. The van der Waals surface area contributed by atoms with Crippen LogP contribution < -0.4 is 15.4 Å². The first kappa shape index (κ1) is 35.4. The fourth-order valence-electron chi connectivity index (χ4n) is 6.90. The maximum absolute atomic E-state index is 14.3. The molecule has 3 aromatic rings. The first-order valence-corrected chi connectivity index (χ1v) is 19.9. The molecular weight excluding hydrogens is 681 g/mol. The Morgan fingerprint density at radius 2 is 1.96 bits per heavy atom. The lowest BCUT2D eigenvalue weighted by Crippen LogP contribution is -2.51. The van der Waals surface area contributed by atoms with E-state index in [4.69, 9.17) is 18.9 Å². The molecule has 2 aliphatic heterocycles. The molecule has 1 amide bonds. The van der Waals surface area contributed by atoms with Crippen LogP contribution in [0, 0.1) is 17.3 Å². The Morgan fingerprint density at radius 3 is 2.68 bits per heavy atom. The van der Waals surface area contributed by atoms with Crippen molar-refractivity contribution in [2.45, 2.75) is 94.3 Å². The van der Waals surface area contributed by atoms with Gasteiger partial charge in [0, 0.05) is 31.0 Å². The molecule has 1 aromatic heterocycles. The molecule has 3 heterocycles. The van der Waals surface area contributed by atoms with Gasteiger partial charge in [-0.25, -0.2) is 18.2 Å². The quantitative estimate of drug-likeness (QED) is 0.192. The van der Waals surface area contributed by atoms with E-state index in [0.29, 0.717) is 18.4 Å². The zero-order valence-corrected chi connectivity index (χ0v) is 30.5. The zero-order chi connectivity index (χ0) is 35.0. The van der Waals surface area contributed by atoms with E-state index in [-0.39, 0.29) is 60.7 Å². The van der Waals surface area contributed by atoms with Crippen LogP contribution in [0.5, 0.6) is 5.75 Å². The van der Waals surface area contributed by atoms with Crippen LogP contribution in [0.1, 0.15) is 57.9 Å². The number of carbonyl (C=O) groups is 1. The van der Waals surface area contributed by atoms with Crippen LogP contribution in [-0.2, 0) is 30.7 Å². The van der Waals surface area contributed by atoms with Gasteiger partial charge in [-0.05, 0) is 93.2 Å². The van der Waals surface area contributed by atoms with Crippen LogP contribution in [0.15, 0.2) is 47.4 Å². The molecule has 4 aliphatic rings. The van der Waals surface area contributed by atoms with Crippen molar-refractivity contribution >= 4 is 42.8 Å². The van der Waals surface area contributed by atoms with Gasteiger partial charge in [0.2, 0.25) is 10.0 Å². The predicted molar refractivity (Wildman–Crippen MR) is 190 cm³/mol. The maximum Gasteiger partial charge on any atom is 0.407 e. The molecule has 0 bridgehead atoms. The van der Waals surface area contributed by atoms with Crippen LogP contribution in [0.25, 0.3) is 10.2 Å². The summed E-state index contributed by atoms with van der Waals surface area (Å²) >= 11 is 1.44. The molecule has 12 nitrogen and oxygen atoms in total. The Bertz CT molecular complexity index is 1760. The number of ether oxygens (including phenoxy) is 4. The van der Waals surface area contributed by atoms with Gasteiger partial charge >= 0.3 is 6.09 Å². The van der Waals surface area contributed by atoms with Crippen molar-refractivity contribution < 1.29 is 37.3 Å². The van der Waals surface area contributed by atoms with Gasteiger partial charge in [-0.1, -0.05) is 30.4 Å². The molecule has 272 valence electrons. The second-order valence-electron chi connectivity index (χ2n) is 14.9. The summed E-state index contributed by atoms with van der Waals surface area (Å²) in [5.74, 6) is 0.998. The van der Waals surface area contributed by atoms with Gasteiger partial charge in [0.05, 0.1) is 53.7 Å². The Labute approximate surface area is 297 Å². The SMILES string of the molecule is COc1ccc(C[C@H](NC(=O)OCC2COC3OC(C)CC3C2)[C@H](O)CN(CC2(C)CC2)S(=O)(=O)c2ccc3nc(NC4CC4)sc3c2)cc1. The summed E-state index contributed by atoms with van der Waals surface area (Å²) in [6, 6.07) is 12.0. The van der Waals surface area contributed by atoms with E-state index < -0.39 is 28.3 Å². The van der Waals surface area contributed by atoms with Crippen LogP contribution in [0.4, 0.5) is 9.93 Å². The van der Waals surface area contributed by atoms with Crippen molar-refractivity contribution in [3.05, 3.63) is 48.0 Å². The molecular formula is C36H48N4O8S2. The molecule has 7 rings (SSSR count). The molecule has 4 unspecified atom stereocenters. The molecule has 0 radical (unpaired) electrons. The maximum atomic E-state index is 14.3. The van der Waals surface area contributed by atoms with E-state index in [1.165, 1.54) is 15.6 Å². The number of hydrogen-bond acceptors (Lipinski definition) is 11. The minimum Gasteiger partial charge on any atom is -0.497 e. The number of hydrogen-bond donors (Lipinski definition) is 3. The molecule has 6 atom stereocenters. The topological polar surface area (TPSA) is 149 Å². The van der Waals surface area contributed by atoms with Gasteiger partial charge in [0.15, 0.2) is 11.4 Å². The van der Waals surface area contributed by atoms with Gasteiger partial charge in [-0.2, -0.15) is 4.31 Å². The van der Waals surface area contributed by atoms with Crippen molar-refractivity contribution in [1.82, 2.24) is 14.6 Å². The van der Waals surface area contributed by atoms with Gasteiger partial charge in [-0.15, -0.1) is 0 Å². The molecule has 2 aromatic carbocycles.